The van der Waals surface area contributed by atoms with Crippen molar-refractivity contribution in [1.82, 2.24) is 10.2 Å². The Hall–Kier alpha value is -2.28. The third-order valence-corrected chi connectivity index (χ3v) is 8.92. The van der Waals surface area contributed by atoms with Gasteiger partial charge in [0, 0.05) is 56.4 Å². The summed E-state index contributed by atoms with van der Waals surface area (Å²) in [5.74, 6) is 1.09. The number of unbranched alkanes of at least 4 members (excludes halogenated alkanes) is 2. The Morgan fingerprint density at radius 3 is 2.15 bits per heavy atom. The molecule has 212 valence electrons. The maximum atomic E-state index is 6.36. The van der Waals surface area contributed by atoms with Gasteiger partial charge in [-0.05, 0) is 74.3 Å². The lowest BCUT2D eigenvalue weighted by atomic mass is 9.89. The molecule has 0 radical (unpaired) electrons. The van der Waals surface area contributed by atoms with E-state index in [1.165, 1.54) is 16.9 Å². The number of aromatic amines is 1. The van der Waals surface area contributed by atoms with Crippen LogP contribution in [-0.4, -0.2) is 55.9 Å². The van der Waals surface area contributed by atoms with Gasteiger partial charge in [0.2, 0.25) is 0 Å². The highest BCUT2D eigenvalue weighted by Crippen LogP contribution is 2.36. The van der Waals surface area contributed by atoms with Crippen molar-refractivity contribution in [2.45, 2.75) is 77.4 Å². The Labute approximate surface area is 239 Å². The molecule has 2 aliphatic heterocycles. The van der Waals surface area contributed by atoms with E-state index < -0.39 is 0 Å². The highest BCUT2D eigenvalue weighted by molar-refractivity contribution is 6.35. The van der Waals surface area contributed by atoms with Crippen LogP contribution in [0.1, 0.15) is 76.7 Å². The molecule has 0 spiro atoms. The average Bonchev–Trinajstić information content (AvgIpc) is 3.48. The summed E-state index contributed by atoms with van der Waals surface area (Å²) in [4.78, 5) is 5.01. The Morgan fingerprint density at radius 2 is 1.51 bits per heavy atom. The van der Waals surface area contributed by atoms with Gasteiger partial charge in [0.05, 0.1) is 22.4 Å². The number of nitrogens with zero attached hydrogens (tertiary/aromatic N) is 3. The molecular weight excluding hydrogens is 508 g/mol. The van der Waals surface area contributed by atoms with Crippen molar-refractivity contribution in [3.63, 3.8) is 0 Å². The number of fused-ring (bicyclic) bond motifs is 1. The van der Waals surface area contributed by atoms with E-state index in [1.54, 1.807) is 0 Å². The van der Waals surface area contributed by atoms with Crippen molar-refractivity contribution < 1.29 is 9.47 Å². The van der Waals surface area contributed by atoms with Gasteiger partial charge in [-0.1, -0.05) is 50.4 Å². The van der Waals surface area contributed by atoms with E-state index in [-0.39, 0.29) is 6.29 Å². The molecular formula is C32H45ClN4O2. The Balaban J connectivity index is 1.12. The average molecular weight is 553 g/mol. The standard InChI is InChI=1S/C32H45ClN4O2/c1-3-5-21-38-32(39-22-6-4-2)26-15-17-36(18-16-26)27-9-7-24(8-10-27)25-13-19-37(20-14-25)30-12-11-29(33)28-23-34-35-31(28)30/h7-12,23,25-26,32H,3-6,13-22H2,1-2H3,(H,34,35). The molecule has 5 rings (SSSR count). The van der Waals surface area contributed by atoms with Crippen LogP contribution in [0.2, 0.25) is 5.02 Å². The van der Waals surface area contributed by atoms with Crippen LogP contribution in [-0.2, 0) is 9.47 Å². The fraction of sp³-hybridized carbons (Fsp3) is 0.594. The Morgan fingerprint density at radius 1 is 0.872 bits per heavy atom. The summed E-state index contributed by atoms with van der Waals surface area (Å²) < 4.78 is 12.4. The normalized spacial score (nSPS) is 17.5. The van der Waals surface area contributed by atoms with E-state index in [4.69, 9.17) is 21.1 Å². The van der Waals surface area contributed by atoms with Gasteiger partial charge in [-0.15, -0.1) is 0 Å². The number of H-pyrrole nitrogens is 1. The minimum Gasteiger partial charge on any atom is -0.372 e. The van der Waals surface area contributed by atoms with Gasteiger partial charge >= 0.3 is 0 Å². The molecule has 3 heterocycles. The minimum absolute atomic E-state index is 0.0456. The Bertz CT molecular complexity index is 1140. The topological polar surface area (TPSA) is 53.6 Å². The summed E-state index contributed by atoms with van der Waals surface area (Å²) >= 11 is 6.36. The summed E-state index contributed by atoms with van der Waals surface area (Å²) in [5.41, 5.74) is 5.05. The molecule has 0 atom stereocenters. The Kier molecular flexibility index (Phi) is 10.0. The number of ether oxygens (including phenoxy) is 2. The molecule has 0 bridgehead atoms. The molecule has 2 fully saturated rings. The number of anilines is 2. The van der Waals surface area contributed by atoms with E-state index in [0.29, 0.717) is 11.8 Å². The van der Waals surface area contributed by atoms with Crippen molar-refractivity contribution in [1.29, 1.82) is 0 Å². The van der Waals surface area contributed by atoms with Gasteiger partial charge < -0.3 is 19.3 Å². The highest BCUT2D eigenvalue weighted by Gasteiger charge is 2.28. The number of nitrogens with one attached hydrogen (secondary N) is 1. The second-order valence-electron chi connectivity index (χ2n) is 11.2. The first kappa shape index (κ1) is 28.3. The molecule has 0 aliphatic carbocycles. The van der Waals surface area contributed by atoms with Gasteiger partial charge in [0.1, 0.15) is 0 Å². The quantitative estimate of drug-likeness (QED) is 0.184. The fourth-order valence-corrected chi connectivity index (χ4v) is 6.31. The molecule has 3 aromatic rings. The number of hydrogen-bond donors (Lipinski definition) is 1. The van der Waals surface area contributed by atoms with Crippen LogP contribution in [0.25, 0.3) is 10.9 Å². The predicted molar refractivity (Wildman–Crippen MR) is 162 cm³/mol. The van der Waals surface area contributed by atoms with Crippen molar-refractivity contribution in [2.24, 2.45) is 5.92 Å². The first-order chi connectivity index (χ1) is 19.2. The summed E-state index contributed by atoms with van der Waals surface area (Å²) in [6.07, 6.45) is 10.9. The summed E-state index contributed by atoms with van der Waals surface area (Å²) in [6.45, 7) is 10.2. The number of piperidine rings is 2. The van der Waals surface area contributed by atoms with Crippen LogP contribution in [0.4, 0.5) is 11.4 Å². The van der Waals surface area contributed by atoms with Crippen molar-refractivity contribution in [2.75, 3.05) is 49.2 Å². The molecule has 2 aromatic carbocycles. The van der Waals surface area contributed by atoms with Crippen LogP contribution in [0.5, 0.6) is 0 Å². The van der Waals surface area contributed by atoms with E-state index in [9.17, 15) is 0 Å². The third-order valence-electron chi connectivity index (χ3n) is 8.59. The summed E-state index contributed by atoms with van der Waals surface area (Å²) in [5, 5.41) is 9.11. The van der Waals surface area contributed by atoms with Crippen molar-refractivity contribution in [3.05, 3.63) is 53.2 Å². The molecule has 6 nitrogen and oxygen atoms in total. The predicted octanol–water partition coefficient (Wildman–Crippen LogP) is 7.78. The van der Waals surface area contributed by atoms with Gasteiger partial charge in [-0.25, -0.2) is 0 Å². The lowest BCUT2D eigenvalue weighted by Gasteiger charge is -2.37. The van der Waals surface area contributed by atoms with Crippen LogP contribution in [0, 0.1) is 5.92 Å². The number of hydrogen-bond acceptors (Lipinski definition) is 5. The van der Waals surface area contributed by atoms with Crippen LogP contribution < -0.4 is 9.80 Å². The first-order valence-electron chi connectivity index (χ1n) is 15.1. The first-order valence-corrected chi connectivity index (χ1v) is 15.5. The number of benzene rings is 2. The highest BCUT2D eigenvalue weighted by atomic mass is 35.5. The van der Waals surface area contributed by atoms with E-state index in [2.05, 4.69) is 64.2 Å². The number of aromatic nitrogens is 2. The zero-order chi connectivity index (χ0) is 27.0. The van der Waals surface area contributed by atoms with Crippen LogP contribution in [0.15, 0.2) is 42.6 Å². The lowest BCUT2D eigenvalue weighted by Crippen LogP contribution is -2.40. The van der Waals surface area contributed by atoms with E-state index in [1.807, 2.05) is 12.3 Å². The second-order valence-corrected chi connectivity index (χ2v) is 11.6. The lowest BCUT2D eigenvalue weighted by molar-refractivity contribution is -0.177. The van der Waals surface area contributed by atoms with Crippen molar-refractivity contribution in [3.8, 4) is 0 Å². The fourth-order valence-electron chi connectivity index (χ4n) is 6.10. The molecule has 2 saturated heterocycles. The number of rotatable bonds is 12. The van der Waals surface area contributed by atoms with Gasteiger partial charge in [-0.3, -0.25) is 5.10 Å². The smallest absolute Gasteiger partial charge is 0.160 e. The summed E-state index contributed by atoms with van der Waals surface area (Å²) in [7, 11) is 0. The number of halogens is 1. The zero-order valence-electron chi connectivity index (χ0n) is 23.7. The summed E-state index contributed by atoms with van der Waals surface area (Å²) in [6, 6.07) is 13.5. The third kappa shape index (κ3) is 6.90. The molecule has 7 heteroatoms. The zero-order valence-corrected chi connectivity index (χ0v) is 24.5. The molecule has 1 aromatic heterocycles. The molecule has 1 N–H and O–H groups in total. The SMILES string of the molecule is CCCCOC(OCCCC)C1CCN(c2ccc(C3CCN(c4ccc(Cl)c5cn[nH]c45)CC3)cc2)CC1. The van der Waals surface area contributed by atoms with Gasteiger partial charge in [-0.2, -0.15) is 5.10 Å². The van der Waals surface area contributed by atoms with E-state index in [0.717, 1.165) is 107 Å². The van der Waals surface area contributed by atoms with Crippen molar-refractivity contribution >= 4 is 33.9 Å². The largest absolute Gasteiger partial charge is 0.372 e. The molecule has 0 amide bonds. The maximum absolute atomic E-state index is 6.36. The molecule has 0 unspecified atom stereocenters. The van der Waals surface area contributed by atoms with Crippen LogP contribution >= 0.6 is 11.6 Å². The maximum Gasteiger partial charge on any atom is 0.160 e. The second kappa shape index (κ2) is 13.9. The monoisotopic (exact) mass is 552 g/mol. The minimum atomic E-state index is -0.0456. The van der Waals surface area contributed by atoms with Crippen LogP contribution in [0.3, 0.4) is 0 Å². The van der Waals surface area contributed by atoms with E-state index >= 15 is 0 Å². The molecule has 2 aliphatic rings. The van der Waals surface area contributed by atoms with Gasteiger partial charge in [0.15, 0.2) is 6.29 Å². The molecule has 0 saturated carbocycles. The van der Waals surface area contributed by atoms with Gasteiger partial charge in [0.25, 0.3) is 0 Å². The molecule has 39 heavy (non-hydrogen) atoms.